The summed E-state index contributed by atoms with van der Waals surface area (Å²) >= 11 is 0. The zero-order valence-corrected chi connectivity index (χ0v) is 10.3. The fourth-order valence-corrected chi connectivity index (χ4v) is 1.68. The predicted octanol–water partition coefficient (Wildman–Crippen LogP) is 1.79. The minimum Gasteiger partial charge on any atom is -0.334 e. The zero-order chi connectivity index (χ0) is 13.9. The lowest BCUT2D eigenvalue weighted by molar-refractivity contribution is 0.432. The highest BCUT2D eigenvalue weighted by Gasteiger charge is 2.12. The van der Waals surface area contributed by atoms with E-state index in [9.17, 15) is 4.39 Å². The van der Waals surface area contributed by atoms with Gasteiger partial charge in [0, 0.05) is 18.3 Å². The third kappa shape index (κ3) is 2.39. The van der Waals surface area contributed by atoms with Crippen LogP contribution in [0.3, 0.4) is 0 Å². The van der Waals surface area contributed by atoms with Crippen LogP contribution >= 0.6 is 0 Å². The Morgan fingerprint density at radius 1 is 1.20 bits per heavy atom. The van der Waals surface area contributed by atoms with Gasteiger partial charge in [-0.15, -0.1) is 0 Å². The molecule has 0 bridgehead atoms. The van der Waals surface area contributed by atoms with E-state index in [1.54, 1.807) is 18.3 Å². The van der Waals surface area contributed by atoms with E-state index in [4.69, 9.17) is 10.3 Å². The van der Waals surface area contributed by atoms with Gasteiger partial charge in [-0.25, -0.2) is 9.37 Å². The highest BCUT2D eigenvalue weighted by molar-refractivity contribution is 5.57. The second kappa shape index (κ2) is 5.14. The van der Waals surface area contributed by atoms with Crippen molar-refractivity contribution >= 4 is 0 Å². The summed E-state index contributed by atoms with van der Waals surface area (Å²) in [5.74, 6) is 0.216. The first-order valence-electron chi connectivity index (χ1n) is 5.87. The molecular weight excluding hydrogens is 261 g/mol. The molecule has 0 radical (unpaired) electrons. The average molecular weight is 271 g/mol. The molecule has 3 heterocycles. The van der Waals surface area contributed by atoms with Crippen molar-refractivity contribution in [2.45, 2.75) is 6.54 Å². The topological polar surface area (TPSA) is 90.7 Å². The monoisotopic (exact) mass is 271 g/mol. The van der Waals surface area contributed by atoms with E-state index in [1.807, 2.05) is 0 Å². The third-order valence-corrected chi connectivity index (χ3v) is 2.66. The molecule has 3 rings (SSSR count). The number of nitrogens with two attached hydrogens (primary N) is 1. The van der Waals surface area contributed by atoms with E-state index < -0.39 is 5.82 Å². The summed E-state index contributed by atoms with van der Waals surface area (Å²) in [5, 5.41) is 3.83. The first kappa shape index (κ1) is 12.4. The third-order valence-electron chi connectivity index (χ3n) is 2.66. The van der Waals surface area contributed by atoms with Crippen molar-refractivity contribution < 1.29 is 8.91 Å². The van der Waals surface area contributed by atoms with E-state index in [1.165, 1.54) is 12.1 Å². The lowest BCUT2D eigenvalue weighted by Gasteiger charge is -1.97. The second-order valence-corrected chi connectivity index (χ2v) is 4.02. The normalized spacial score (nSPS) is 10.7. The van der Waals surface area contributed by atoms with Crippen LogP contribution in [0.25, 0.3) is 23.0 Å². The van der Waals surface area contributed by atoms with Gasteiger partial charge in [-0.2, -0.15) is 4.98 Å². The fraction of sp³-hybridized carbons (Fsp3) is 0.0769. The van der Waals surface area contributed by atoms with Crippen LogP contribution in [0.2, 0.25) is 0 Å². The van der Waals surface area contributed by atoms with Gasteiger partial charge in [0.15, 0.2) is 0 Å². The highest BCUT2D eigenvalue weighted by atomic mass is 19.1. The van der Waals surface area contributed by atoms with E-state index in [2.05, 4.69) is 20.1 Å². The van der Waals surface area contributed by atoms with E-state index in [-0.39, 0.29) is 0 Å². The quantitative estimate of drug-likeness (QED) is 0.781. The first-order chi connectivity index (χ1) is 9.76. The van der Waals surface area contributed by atoms with Gasteiger partial charge in [-0.3, -0.25) is 4.98 Å². The molecule has 100 valence electrons. The number of nitrogens with zero attached hydrogens (tertiary/aromatic N) is 4. The van der Waals surface area contributed by atoms with Crippen LogP contribution in [0.15, 0.2) is 41.2 Å². The highest BCUT2D eigenvalue weighted by Crippen LogP contribution is 2.21. The largest absolute Gasteiger partial charge is 0.334 e. The molecule has 0 atom stereocenters. The van der Waals surface area contributed by atoms with Crippen molar-refractivity contribution in [3.63, 3.8) is 0 Å². The summed E-state index contributed by atoms with van der Waals surface area (Å²) in [6, 6.07) is 6.29. The molecule has 0 saturated carbocycles. The summed E-state index contributed by atoms with van der Waals surface area (Å²) in [4.78, 5) is 12.2. The molecule has 3 aromatic heterocycles. The number of rotatable bonds is 3. The molecule has 2 N–H and O–H groups in total. The number of hydrogen-bond donors (Lipinski definition) is 1. The smallest absolute Gasteiger partial charge is 0.258 e. The van der Waals surface area contributed by atoms with E-state index in [0.29, 0.717) is 24.0 Å². The maximum absolute atomic E-state index is 12.8. The van der Waals surface area contributed by atoms with Crippen molar-refractivity contribution in [1.82, 2.24) is 20.1 Å². The van der Waals surface area contributed by atoms with Gasteiger partial charge in [0.05, 0.1) is 11.9 Å². The van der Waals surface area contributed by atoms with Crippen LogP contribution in [-0.4, -0.2) is 20.1 Å². The van der Waals surface area contributed by atoms with Crippen molar-refractivity contribution in [3.05, 3.63) is 48.2 Å². The van der Waals surface area contributed by atoms with Crippen LogP contribution in [0, 0.1) is 5.82 Å². The lowest BCUT2D eigenvalue weighted by atomic mass is 10.2. The van der Waals surface area contributed by atoms with E-state index >= 15 is 0 Å². The molecule has 0 aliphatic heterocycles. The fourth-order valence-electron chi connectivity index (χ4n) is 1.68. The molecule has 0 fully saturated rings. The van der Waals surface area contributed by atoms with Gasteiger partial charge < -0.3 is 10.3 Å². The van der Waals surface area contributed by atoms with Gasteiger partial charge >= 0.3 is 0 Å². The first-order valence-corrected chi connectivity index (χ1v) is 5.87. The van der Waals surface area contributed by atoms with Gasteiger partial charge in [0.25, 0.3) is 5.89 Å². The molecule has 0 aliphatic carbocycles. The Hall–Kier alpha value is -2.67. The van der Waals surface area contributed by atoms with Crippen LogP contribution in [0.5, 0.6) is 0 Å². The van der Waals surface area contributed by atoms with Gasteiger partial charge in [-0.05, 0) is 24.3 Å². The second-order valence-electron chi connectivity index (χ2n) is 4.02. The summed E-state index contributed by atoms with van der Waals surface area (Å²) in [5.41, 5.74) is 7.42. The molecule has 20 heavy (non-hydrogen) atoms. The Kier molecular flexibility index (Phi) is 3.18. The van der Waals surface area contributed by atoms with Crippen molar-refractivity contribution in [2.75, 3.05) is 0 Å². The lowest BCUT2D eigenvalue weighted by Crippen LogP contribution is -1.98. The molecule has 7 heteroatoms. The maximum atomic E-state index is 12.8. The summed E-state index contributed by atoms with van der Waals surface area (Å²) in [7, 11) is 0. The van der Waals surface area contributed by atoms with Gasteiger partial charge in [0.2, 0.25) is 5.82 Å². The summed E-state index contributed by atoms with van der Waals surface area (Å²) < 4.78 is 18.0. The zero-order valence-electron chi connectivity index (χ0n) is 10.3. The number of halogens is 1. The molecule has 0 amide bonds. The Morgan fingerprint density at radius 2 is 2.10 bits per heavy atom. The summed E-state index contributed by atoms with van der Waals surface area (Å²) in [6.07, 6.45) is 2.72. The summed E-state index contributed by atoms with van der Waals surface area (Å²) in [6.45, 7) is 0.328. The Balaban J connectivity index is 1.95. The Morgan fingerprint density at radius 3 is 2.85 bits per heavy atom. The molecule has 0 spiro atoms. The van der Waals surface area contributed by atoms with Gasteiger partial charge in [0.1, 0.15) is 11.5 Å². The number of aromatic nitrogens is 4. The number of pyridine rings is 2. The van der Waals surface area contributed by atoms with Crippen molar-refractivity contribution in [3.8, 4) is 23.0 Å². The average Bonchev–Trinajstić information content (AvgIpc) is 2.98. The molecule has 0 aromatic carbocycles. The number of hydrogen-bond acceptors (Lipinski definition) is 6. The Labute approximate surface area is 113 Å². The molecule has 6 nitrogen and oxygen atoms in total. The van der Waals surface area contributed by atoms with Crippen LogP contribution in [0.1, 0.15) is 5.69 Å². The minimum absolute atomic E-state index is 0.297. The molecule has 0 aliphatic rings. The Bertz CT molecular complexity index is 726. The SMILES string of the molecule is NCc1cc(-c2nc(-c3ccc(F)cn3)no2)ccn1. The molecule has 0 unspecified atom stereocenters. The van der Waals surface area contributed by atoms with Crippen LogP contribution < -0.4 is 5.73 Å². The van der Waals surface area contributed by atoms with Crippen molar-refractivity contribution in [2.24, 2.45) is 5.73 Å². The molecule has 0 saturated heterocycles. The van der Waals surface area contributed by atoms with Crippen molar-refractivity contribution in [1.29, 1.82) is 0 Å². The predicted molar refractivity (Wildman–Crippen MR) is 68.6 cm³/mol. The van der Waals surface area contributed by atoms with Gasteiger partial charge in [-0.1, -0.05) is 5.16 Å². The van der Waals surface area contributed by atoms with E-state index in [0.717, 1.165) is 17.5 Å². The minimum atomic E-state index is -0.417. The maximum Gasteiger partial charge on any atom is 0.258 e. The standard InChI is InChI=1S/C13H10FN5O/c14-9-1-2-11(17-7-9)12-18-13(20-19-12)8-3-4-16-10(5-8)6-15/h1-5,7H,6,15H2. The molecule has 3 aromatic rings. The molecular formula is C13H10FN5O. The van der Waals surface area contributed by atoms with Crippen LogP contribution in [-0.2, 0) is 6.54 Å². The van der Waals surface area contributed by atoms with Crippen LogP contribution in [0.4, 0.5) is 4.39 Å².